The lowest BCUT2D eigenvalue weighted by Crippen LogP contribution is -2.35. The first-order chi connectivity index (χ1) is 7.24. The Morgan fingerprint density at radius 1 is 1.20 bits per heavy atom. The van der Waals surface area contributed by atoms with Gasteiger partial charge in [-0.3, -0.25) is 9.59 Å². The van der Waals surface area contributed by atoms with Crippen LogP contribution in [0.5, 0.6) is 0 Å². The van der Waals surface area contributed by atoms with E-state index < -0.39 is 11.8 Å². The smallest absolute Gasteiger partial charge is 0.329 e. The van der Waals surface area contributed by atoms with Crippen LogP contribution < -0.4 is 10.7 Å². The van der Waals surface area contributed by atoms with Crippen LogP contribution in [0.25, 0.3) is 0 Å². The van der Waals surface area contributed by atoms with Crippen molar-refractivity contribution >= 4 is 18.0 Å². The molecule has 15 heavy (non-hydrogen) atoms. The van der Waals surface area contributed by atoms with Crippen LogP contribution in [0.3, 0.4) is 0 Å². The Bertz CT molecular complexity index is 374. The third kappa shape index (κ3) is 3.60. The van der Waals surface area contributed by atoms with Crippen molar-refractivity contribution in [3.63, 3.8) is 0 Å². The van der Waals surface area contributed by atoms with Gasteiger partial charge in [-0.05, 0) is 5.56 Å². The fraction of sp³-hybridized carbons (Fsp3) is 0.100. The van der Waals surface area contributed by atoms with Crippen molar-refractivity contribution in [2.24, 2.45) is 5.10 Å². The van der Waals surface area contributed by atoms with Gasteiger partial charge in [-0.2, -0.15) is 5.10 Å². The van der Waals surface area contributed by atoms with Gasteiger partial charge in [0, 0.05) is 7.05 Å². The fourth-order valence-electron chi connectivity index (χ4n) is 0.869. The predicted molar refractivity (Wildman–Crippen MR) is 56.2 cm³/mol. The molecule has 0 radical (unpaired) electrons. The molecule has 0 aliphatic heterocycles. The minimum absolute atomic E-state index is 0.722. The van der Waals surface area contributed by atoms with Gasteiger partial charge in [0.1, 0.15) is 0 Å². The number of nitrogens with one attached hydrogen (secondary N) is 2. The number of amides is 2. The second-order valence-corrected chi connectivity index (χ2v) is 2.69. The van der Waals surface area contributed by atoms with E-state index in [0.29, 0.717) is 0 Å². The van der Waals surface area contributed by atoms with Gasteiger partial charge in [-0.25, -0.2) is 5.43 Å². The zero-order chi connectivity index (χ0) is 11.1. The highest BCUT2D eigenvalue weighted by Crippen LogP contribution is 1.92. The lowest BCUT2D eigenvalue weighted by atomic mass is 10.2. The fourth-order valence-corrected chi connectivity index (χ4v) is 0.869. The zero-order valence-electron chi connectivity index (χ0n) is 8.23. The maximum Gasteiger partial charge on any atom is 0.329 e. The molecule has 1 aromatic carbocycles. The number of hydrogen-bond donors (Lipinski definition) is 2. The van der Waals surface area contributed by atoms with E-state index >= 15 is 0 Å². The van der Waals surface area contributed by atoms with E-state index in [0.717, 1.165) is 5.56 Å². The summed E-state index contributed by atoms with van der Waals surface area (Å²) >= 11 is 0. The molecule has 0 aliphatic rings. The van der Waals surface area contributed by atoms with Gasteiger partial charge in [0.15, 0.2) is 0 Å². The highest BCUT2D eigenvalue weighted by Gasteiger charge is 2.08. The average Bonchev–Trinajstić information content (AvgIpc) is 2.29. The number of benzene rings is 1. The van der Waals surface area contributed by atoms with E-state index in [1.807, 2.05) is 30.3 Å². The summed E-state index contributed by atoms with van der Waals surface area (Å²) in [6, 6.07) is 9.23. The highest BCUT2D eigenvalue weighted by molar-refractivity contribution is 6.34. The molecule has 78 valence electrons. The first kappa shape index (κ1) is 10.9. The Labute approximate surface area is 87.2 Å². The lowest BCUT2D eigenvalue weighted by molar-refractivity contribution is -0.138. The standard InChI is InChI=1S/C10H11N3O2/c1-11-9(14)10(15)13-12-7-8-5-3-2-4-6-8/h2-7H,1H3,(H,11,14)(H,13,15). The van der Waals surface area contributed by atoms with Crippen LogP contribution in [0.4, 0.5) is 0 Å². The summed E-state index contributed by atoms with van der Waals surface area (Å²) in [7, 11) is 1.38. The van der Waals surface area contributed by atoms with Crippen LogP contribution in [-0.4, -0.2) is 25.1 Å². The molecule has 0 spiro atoms. The first-order valence-electron chi connectivity index (χ1n) is 4.34. The van der Waals surface area contributed by atoms with Crippen molar-refractivity contribution in [3.05, 3.63) is 35.9 Å². The molecule has 1 rings (SSSR count). The number of hydrazone groups is 1. The number of hydrogen-bond acceptors (Lipinski definition) is 3. The summed E-state index contributed by atoms with van der Waals surface area (Å²) in [5.74, 6) is -1.51. The van der Waals surface area contributed by atoms with E-state index in [1.165, 1.54) is 13.3 Å². The second-order valence-electron chi connectivity index (χ2n) is 2.69. The summed E-state index contributed by atoms with van der Waals surface area (Å²) in [6.07, 6.45) is 1.46. The van der Waals surface area contributed by atoms with Gasteiger partial charge in [0.2, 0.25) is 0 Å². The van der Waals surface area contributed by atoms with Crippen molar-refractivity contribution in [1.29, 1.82) is 0 Å². The Morgan fingerprint density at radius 2 is 1.87 bits per heavy atom. The van der Waals surface area contributed by atoms with Crippen LogP contribution in [0.2, 0.25) is 0 Å². The molecule has 5 nitrogen and oxygen atoms in total. The summed E-state index contributed by atoms with van der Waals surface area (Å²) in [5.41, 5.74) is 2.94. The van der Waals surface area contributed by atoms with Gasteiger partial charge in [0.25, 0.3) is 0 Å². The maximum atomic E-state index is 10.9. The number of carbonyl (C=O) groups excluding carboxylic acids is 2. The molecular weight excluding hydrogens is 194 g/mol. The number of rotatable bonds is 2. The van der Waals surface area contributed by atoms with Crippen molar-refractivity contribution in [2.45, 2.75) is 0 Å². The summed E-state index contributed by atoms with van der Waals surface area (Å²) < 4.78 is 0. The molecule has 0 saturated heterocycles. The van der Waals surface area contributed by atoms with E-state index in [9.17, 15) is 9.59 Å². The molecule has 0 aliphatic carbocycles. The molecular formula is C10H11N3O2. The molecule has 0 bridgehead atoms. The average molecular weight is 205 g/mol. The largest absolute Gasteiger partial charge is 0.351 e. The molecule has 0 unspecified atom stereocenters. The SMILES string of the molecule is CNC(=O)C(=O)NN=Cc1ccccc1. The molecule has 0 heterocycles. The maximum absolute atomic E-state index is 10.9. The topological polar surface area (TPSA) is 70.6 Å². The van der Waals surface area contributed by atoms with Crippen molar-refractivity contribution in [1.82, 2.24) is 10.7 Å². The molecule has 0 fully saturated rings. The van der Waals surface area contributed by atoms with E-state index in [4.69, 9.17) is 0 Å². The monoisotopic (exact) mass is 205 g/mol. The predicted octanol–water partition coefficient (Wildman–Crippen LogP) is -0.117. The quantitative estimate of drug-likeness (QED) is 0.401. The van der Waals surface area contributed by atoms with Crippen LogP contribution in [0.15, 0.2) is 35.4 Å². The first-order valence-corrected chi connectivity index (χ1v) is 4.34. The highest BCUT2D eigenvalue weighted by atomic mass is 16.2. The van der Waals surface area contributed by atoms with Gasteiger partial charge in [0.05, 0.1) is 6.21 Å². The Morgan fingerprint density at radius 3 is 2.47 bits per heavy atom. The van der Waals surface area contributed by atoms with E-state index in [1.54, 1.807) is 0 Å². The number of likely N-dealkylation sites (N-methyl/N-ethyl adjacent to an activating group) is 1. The Kier molecular flexibility index (Phi) is 4.03. The van der Waals surface area contributed by atoms with Crippen molar-refractivity contribution in [2.75, 3.05) is 7.05 Å². The number of carbonyl (C=O) groups is 2. The number of nitrogens with zero attached hydrogens (tertiary/aromatic N) is 1. The molecule has 5 heteroatoms. The van der Waals surface area contributed by atoms with Crippen molar-refractivity contribution in [3.8, 4) is 0 Å². The molecule has 2 amide bonds. The summed E-state index contributed by atoms with van der Waals surface area (Å²) in [5, 5.41) is 5.81. The van der Waals surface area contributed by atoms with E-state index in [-0.39, 0.29) is 0 Å². The van der Waals surface area contributed by atoms with Crippen LogP contribution in [0, 0.1) is 0 Å². The molecule has 0 atom stereocenters. The third-order valence-corrected chi connectivity index (χ3v) is 1.61. The van der Waals surface area contributed by atoms with Gasteiger partial charge >= 0.3 is 11.8 Å². The molecule has 2 N–H and O–H groups in total. The second kappa shape index (κ2) is 5.54. The summed E-state index contributed by atoms with van der Waals surface area (Å²) in [4.78, 5) is 21.7. The lowest BCUT2D eigenvalue weighted by Gasteiger charge is -1.96. The Balaban J connectivity index is 2.47. The normalized spacial score (nSPS) is 9.93. The third-order valence-electron chi connectivity index (χ3n) is 1.61. The molecule has 0 saturated carbocycles. The van der Waals surface area contributed by atoms with Gasteiger partial charge < -0.3 is 5.32 Å². The summed E-state index contributed by atoms with van der Waals surface area (Å²) in [6.45, 7) is 0. The minimum Gasteiger partial charge on any atom is -0.351 e. The van der Waals surface area contributed by atoms with Crippen LogP contribution in [0.1, 0.15) is 5.56 Å². The minimum atomic E-state index is -0.787. The zero-order valence-corrected chi connectivity index (χ0v) is 8.23. The molecule has 0 aromatic heterocycles. The van der Waals surface area contributed by atoms with Gasteiger partial charge in [-0.15, -0.1) is 0 Å². The van der Waals surface area contributed by atoms with E-state index in [2.05, 4.69) is 15.8 Å². The van der Waals surface area contributed by atoms with Crippen molar-refractivity contribution < 1.29 is 9.59 Å². The van der Waals surface area contributed by atoms with Crippen LogP contribution in [-0.2, 0) is 9.59 Å². The van der Waals surface area contributed by atoms with Crippen LogP contribution >= 0.6 is 0 Å². The van der Waals surface area contributed by atoms with Gasteiger partial charge in [-0.1, -0.05) is 30.3 Å². The molecule has 1 aromatic rings. The Hall–Kier alpha value is -2.17.